The minimum atomic E-state index is -0.101. The number of amidine groups is 1. The number of nitrogens with two attached hydrogens (primary N) is 1. The van der Waals surface area contributed by atoms with Gasteiger partial charge in [-0.1, -0.05) is 20.8 Å². The van der Waals surface area contributed by atoms with Gasteiger partial charge < -0.3 is 5.73 Å². The Balaban J connectivity index is 2.86. The summed E-state index contributed by atoms with van der Waals surface area (Å²) in [6, 6.07) is 1.86. The molecule has 4 nitrogen and oxygen atoms in total. The summed E-state index contributed by atoms with van der Waals surface area (Å²) in [7, 11) is 0. The van der Waals surface area contributed by atoms with E-state index in [9.17, 15) is 0 Å². The molecule has 0 aliphatic carbocycles. The average molecular weight is 194 g/mol. The molecule has 2 N–H and O–H groups in total. The van der Waals surface area contributed by atoms with Crippen LogP contribution in [0.2, 0.25) is 0 Å². The van der Waals surface area contributed by atoms with Gasteiger partial charge >= 0.3 is 0 Å². The zero-order valence-corrected chi connectivity index (χ0v) is 9.28. The molecule has 14 heavy (non-hydrogen) atoms. The zero-order valence-electron chi connectivity index (χ0n) is 9.28. The molecule has 0 aromatic carbocycles. The van der Waals surface area contributed by atoms with E-state index in [1.165, 1.54) is 0 Å². The molecule has 0 fully saturated rings. The average Bonchev–Trinajstić information content (AvgIpc) is 2.50. The van der Waals surface area contributed by atoms with Crippen molar-refractivity contribution in [1.29, 1.82) is 0 Å². The van der Waals surface area contributed by atoms with Crippen molar-refractivity contribution in [2.45, 2.75) is 34.2 Å². The third-order valence-electron chi connectivity index (χ3n) is 1.95. The number of aryl methyl sites for hydroxylation is 1. The predicted octanol–water partition coefficient (Wildman–Crippen LogP) is 1.94. The molecule has 0 radical (unpaired) electrons. The van der Waals surface area contributed by atoms with Gasteiger partial charge in [0.25, 0.3) is 0 Å². The van der Waals surface area contributed by atoms with E-state index in [0.29, 0.717) is 11.7 Å². The molecule has 0 spiro atoms. The molecule has 0 saturated carbocycles. The third-order valence-corrected chi connectivity index (χ3v) is 1.95. The molecule has 1 heterocycles. The van der Waals surface area contributed by atoms with Crippen LogP contribution in [0.4, 0.5) is 5.82 Å². The molecule has 1 aromatic rings. The highest BCUT2D eigenvalue weighted by molar-refractivity contribution is 5.87. The smallest absolute Gasteiger partial charge is 0.175 e. The van der Waals surface area contributed by atoms with E-state index in [4.69, 9.17) is 5.73 Å². The summed E-state index contributed by atoms with van der Waals surface area (Å²) < 4.78 is 1.83. The molecule has 0 bridgehead atoms. The lowest BCUT2D eigenvalue weighted by Gasteiger charge is -2.16. The lowest BCUT2D eigenvalue weighted by Crippen LogP contribution is -2.28. The van der Waals surface area contributed by atoms with Crippen LogP contribution < -0.4 is 5.73 Å². The fourth-order valence-corrected chi connectivity index (χ4v) is 0.878. The minimum absolute atomic E-state index is 0.101. The molecule has 0 atom stereocenters. The molecule has 4 heteroatoms. The van der Waals surface area contributed by atoms with Gasteiger partial charge in [0.15, 0.2) is 5.82 Å². The van der Waals surface area contributed by atoms with Gasteiger partial charge in [0.05, 0.1) is 0 Å². The van der Waals surface area contributed by atoms with Crippen LogP contribution >= 0.6 is 0 Å². The fraction of sp³-hybridized carbons (Fsp3) is 0.600. The van der Waals surface area contributed by atoms with Crippen molar-refractivity contribution >= 4 is 11.7 Å². The molecular weight excluding hydrogens is 176 g/mol. The molecule has 1 aromatic heterocycles. The standard InChI is InChI=1S/C10H18N4/c1-5-14-7-6-8(13-14)12-9(11)10(2,3)4/h6-7H,5H2,1-4H3,(H2,11,12,13). The van der Waals surface area contributed by atoms with Gasteiger partial charge in [-0.05, 0) is 6.92 Å². The predicted molar refractivity (Wildman–Crippen MR) is 58.6 cm³/mol. The Labute approximate surface area is 84.8 Å². The summed E-state index contributed by atoms with van der Waals surface area (Å²) in [6.45, 7) is 8.98. The number of hydrogen-bond acceptors (Lipinski definition) is 2. The summed E-state index contributed by atoms with van der Waals surface area (Å²) in [6.07, 6.45) is 1.90. The van der Waals surface area contributed by atoms with Crippen LogP contribution in [0.25, 0.3) is 0 Å². The Morgan fingerprint density at radius 3 is 2.64 bits per heavy atom. The largest absolute Gasteiger partial charge is 0.387 e. The molecular formula is C10H18N4. The van der Waals surface area contributed by atoms with Crippen molar-refractivity contribution in [3.63, 3.8) is 0 Å². The molecule has 0 aliphatic heterocycles. The van der Waals surface area contributed by atoms with Gasteiger partial charge in [0.2, 0.25) is 0 Å². The van der Waals surface area contributed by atoms with E-state index in [-0.39, 0.29) is 5.41 Å². The molecule has 0 aliphatic rings. The highest BCUT2D eigenvalue weighted by Crippen LogP contribution is 2.16. The monoisotopic (exact) mass is 194 g/mol. The first-order valence-electron chi connectivity index (χ1n) is 4.81. The van der Waals surface area contributed by atoms with Gasteiger partial charge in [-0.25, -0.2) is 4.99 Å². The second kappa shape index (κ2) is 3.82. The number of rotatable bonds is 2. The van der Waals surface area contributed by atoms with Crippen LogP contribution in [-0.2, 0) is 6.54 Å². The first kappa shape index (κ1) is 10.8. The van der Waals surface area contributed by atoms with Gasteiger partial charge in [0, 0.05) is 24.2 Å². The second-order valence-corrected chi connectivity index (χ2v) is 4.28. The highest BCUT2D eigenvalue weighted by Gasteiger charge is 2.15. The molecule has 0 unspecified atom stereocenters. The van der Waals surface area contributed by atoms with Crippen LogP contribution in [0.5, 0.6) is 0 Å². The van der Waals surface area contributed by atoms with Crippen molar-refractivity contribution in [3.8, 4) is 0 Å². The van der Waals surface area contributed by atoms with Gasteiger partial charge in [-0.2, -0.15) is 5.10 Å². The highest BCUT2D eigenvalue weighted by atomic mass is 15.3. The maximum Gasteiger partial charge on any atom is 0.175 e. The van der Waals surface area contributed by atoms with Crippen molar-refractivity contribution in [2.75, 3.05) is 0 Å². The van der Waals surface area contributed by atoms with E-state index in [2.05, 4.69) is 10.1 Å². The van der Waals surface area contributed by atoms with Gasteiger partial charge in [0.1, 0.15) is 5.84 Å². The van der Waals surface area contributed by atoms with Crippen LogP contribution in [0, 0.1) is 5.41 Å². The Bertz CT molecular complexity index is 330. The van der Waals surface area contributed by atoms with Crippen LogP contribution in [0.3, 0.4) is 0 Å². The quantitative estimate of drug-likeness (QED) is 0.577. The Morgan fingerprint density at radius 1 is 1.57 bits per heavy atom. The number of hydrogen-bond donors (Lipinski definition) is 1. The summed E-state index contributed by atoms with van der Waals surface area (Å²) in [4.78, 5) is 4.26. The Kier molecular flexibility index (Phi) is 2.93. The fourth-order valence-electron chi connectivity index (χ4n) is 0.878. The second-order valence-electron chi connectivity index (χ2n) is 4.28. The SMILES string of the molecule is CCn1ccc(N=C(N)C(C)(C)C)n1. The molecule has 0 amide bonds. The van der Waals surface area contributed by atoms with E-state index >= 15 is 0 Å². The van der Waals surface area contributed by atoms with E-state index in [1.807, 2.05) is 44.6 Å². The number of aromatic nitrogens is 2. The van der Waals surface area contributed by atoms with Crippen LogP contribution in [0.15, 0.2) is 17.3 Å². The van der Waals surface area contributed by atoms with E-state index in [1.54, 1.807) is 0 Å². The lowest BCUT2D eigenvalue weighted by molar-refractivity contribution is 0.584. The summed E-state index contributed by atoms with van der Waals surface area (Å²) in [5.41, 5.74) is 5.73. The minimum Gasteiger partial charge on any atom is -0.387 e. The van der Waals surface area contributed by atoms with E-state index in [0.717, 1.165) is 6.54 Å². The van der Waals surface area contributed by atoms with E-state index < -0.39 is 0 Å². The first-order valence-corrected chi connectivity index (χ1v) is 4.81. The first-order chi connectivity index (χ1) is 6.43. The summed E-state index contributed by atoms with van der Waals surface area (Å²) >= 11 is 0. The normalized spacial score (nSPS) is 13.3. The topological polar surface area (TPSA) is 56.2 Å². The number of aliphatic imine (C=N–C) groups is 1. The third kappa shape index (κ3) is 2.58. The molecule has 78 valence electrons. The van der Waals surface area contributed by atoms with Crippen molar-refractivity contribution in [3.05, 3.63) is 12.3 Å². The molecule has 0 saturated heterocycles. The number of nitrogens with zero attached hydrogens (tertiary/aromatic N) is 3. The Morgan fingerprint density at radius 2 is 2.21 bits per heavy atom. The lowest BCUT2D eigenvalue weighted by atomic mass is 9.95. The van der Waals surface area contributed by atoms with Crippen molar-refractivity contribution < 1.29 is 0 Å². The summed E-state index contributed by atoms with van der Waals surface area (Å²) in [5.74, 6) is 1.29. The van der Waals surface area contributed by atoms with Gasteiger partial charge in [-0.15, -0.1) is 0 Å². The summed E-state index contributed by atoms with van der Waals surface area (Å²) in [5, 5.41) is 4.23. The van der Waals surface area contributed by atoms with Crippen LogP contribution in [0.1, 0.15) is 27.7 Å². The van der Waals surface area contributed by atoms with Gasteiger partial charge in [-0.3, -0.25) is 4.68 Å². The van der Waals surface area contributed by atoms with Crippen molar-refractivity contribution in [2.24, 2.45) is 16.1 Å². The van der Waals surface area contributed by atoms with Crippen molar-refractivity contribution in [1.82, 2.24) is 9.78 Å². The Hall–Kier alpha value is -1.32. The molecule has 1 rings (SSSR count). The maximum absolute atomic E-state index is 5.83. The zero-order chi connectivity index (χ0) is 10.8. The maximum atomic E-state index is 5.83. The van der Waals surface area contributed by atoms with Crippen LogP contribution in [-0.4, -0.2) is 15.6 Å².